The number of furan rings is 1. The second-order valence-corrected chi connectivity index (χ2v) is 16.1. The summed E-state index contributed by atoms with van der Waals surface area (Å²) in [5.74, 6) is 0. The lowest BCUT2D eigenvalue weighted by molar-refractivity contribution is 0.660. The highest BCUT2D eigenvalue weighted by atomic mass is 16.3. The molecule has 1 aliphatic rings. The maximum absolute atomic E-state index is 6.43. The van der Waals surface area contributed by atoms with Gasteiger partial charge in [0.15, 0.2) is 0 Å². The van der Waals surface area contributed by atoms with Gasteiger partial charge in [-0.2, -0.15) is 0 Å². The maximum Gasteiger partial charge on any atom is 0.143 e. The van der Waals surface area contributed by atoms with Gasteiger partial charge in [0.2, 0.25) is 0 Å². The molecule has 0 fully saturated rings. The normalized spacial score (nSPS) is 13.1. The quantitative estimate of drug-likeness (QED) is 0.169. The number of rotatable bonds is 4. The Morgan fingerprint density at radius 1 is 0.362 bits per heavy atom. The van der Waals surface area contributed by atoms with Crippen molar-refractivity contribution in [3.63, 3.8) is 0 Å². The van der Waals surface area contributed by atoms with Gasteiger partial charge in [0, 0.05) is 44.9 Å². The van der Waals surface area contributed by atoms with Gasteiger partial charge in [-0.05, 0) is 96.2 Å². The number of benzene rings is 9. The Morgan fingerprint density at radius 2 is 0.845 bits per heavy atom. The van der Waals surface area contributed by atoms with Crippen LogP contribution in [0.1, 0.15) is 25.0 Å². The first-order valence-corrected chi connectivity index (χ1v) is 20.0. The fourth-order valence-corrected chi connectivity index (χ4v) is 9.58. The highest BCUT2D eigenvalue weighted by Gasteiger charge is 2.36. The van der Waals surface area contributed by atoms with Crippen LogP contribution in [0.15, 0.2) is 187 Å². The van der Waals surface area contributed by atoms with Gasteiger partial charge in [-0.3, -0.25) is 9.97 Å². The molecule has 11 aromatic rings. The van der Waals surface area contributed by atoms with E-state index in [1.54, 1.807) is 12.4 Å². The van der Waals surface area contributed by atoms with Gasteiger partial charge in [-0.15, -0.1) is 0 Å². The van der Waals surface area contributed by atoms with Gasteiger partial charge in [0.05, 0.1) is 11.0 Å². The maximum atomic E-state index is 6.43. The zero-order valence-corrected chi connectivity index (χ0v) is 32.1. The molecule has 0 bridgehead atoms. The van der Waals surface area contributed by atoms with Crippen molar-refractivity contribution in [2.24, 2.45) is 0 Å². The van der Waals surface area contributed by atoms with Crippen molar-refractivity contribution in [2.45, 2.75) is 19.3 Å². The van der Waals surface area contributed by atoms with Gasteiger partial charge >= 0.3 is 0 Å². The zero-order valence-electron chi connectivity index (χ0n) is 32.1. The Kier molecular flexibility index (Phi) is 6.98. The molecule has 272 valence electrons. The lowest BCUT2D eigenvalue weighted by Gasteiger charge is -2.22. The smallest absolute Gasteiger partial charge is 0.143 e. The minimum absolute atomic E-state index is 0.153. The summed E-state index contributed by atoms with van der Waals surface area (Å²) in [5, 5.41) is 6.97. The summed E-state index contributed by atoms with van der Waals surface area (Å²) < 4.78 is 6.43. The van der Waals surface area contributed by atoms with Gasteiger partial charge in [0.1, 0.15) is 11.2 Å². The van der Waals surface area contributed by atoms with Crippen molar-refractivity contribution in [1.82, 2.24) is 9.97 Å². The highest BCUT2D eigenvalue weighted by molar-refractivity contribution is 6.23. The molecule has 1 aliphatic carbocycles. The summed E-state index contributed by atoms with van der Waals surface area (Å²) in [6.07, 6.45) is 3.57. The van der Waals surface area contributed by atoms with Crippen molar-refractivity contribution < 1.29 is 4.42 Å². The molecule has 0 N–H and O–H groups in total. The summed E-state index contributed by atoms with van der Waals surface area (Å²) in [4.78, 5) is 9.50. The summed E-state index contributed by atoms with van der Waals surface area (Å²) in [7, 11) is 0. The lowest BCUT2D eigenvalue weighted by Crippen LogP contribution is -2.15. The van der Waals surface area contributed by atoms with E-state index in [9.17, 15) is 0 Å². The molecule has 0 atom stereocenters. The minimum Gasteiger partial charge on any atom is -0.455 e. The topological polar surface area (TPSA) is 38.9 Å². The van der Waals surface area contributed by atoms with Crippen LogP contribution in [0.3, 0.4) is 0 Å². The van der Waals surface area contributed by atoms with Crippen LogP contribution in [0.4, 0.5) is 0 Å². The average Bonchev–Trinajstić information content (AvgIpc) is 3.78. The number of para-hydroxylation sites is 2. The highest BCUT2D eigenvalue weighted by Crippen LogP contribution is 2.51. The number of hydrogen-bond acceptors (Lipinski definition) is 3. The third-order valence-electron chi connectivity index (χ3n) is 12.6. The van der Waals surface area contributed by atoms with Crippen molar-refractivity contribution >= 4 is 54.5 Å². The Bertz CT molecular complexity index is 3430. The van der Waals surface area contributed by atoms with E-state index in [-0.39, 0.29) is 5.41 Å². The monoisotopic (exact) mass is 740 g/mol. The van der Waals surface area contributed by atoms with Gasteiger partial charge < -0.3 is 4.42 Å². The van der Waals surface area contributed by atoms with Gasteiger partial charge in [0.25, 0.3) is 0 Å². The molecule has 2 heterocycles. The molecule has 2 aromatic heterocycles. The first-order valence-electron chi connectivity index (χ1n) is 20.0. The van der Waals surface area contributed by atoms with Crippen molar-refractivity contribution in [1.29, 1.82) is 0 Å². The molecular formula is C55H36N2O. The second kappa shape index (κ2) is 12.3. The number of nitrogens with zero attached hydrogens (tertiary/aromatic N) is 2. The molecule has 9 aromatic carbocycles. The average molecular weight is 741 g/mol. The summed E-state index contributed by atoms with van der Waals surface area (Å²) in [5.41, 5.74) is 18.4. The summed E-state index contributed by atoms with van der Waals surface area (Å²) >= 11 is 0. The van der Waals surface area contributed by atoms with E-state index in [0.29, 0.717) is 0 Å². The van der Waals surface area contributed by atoms with Crippen LogP contribution in [0.2, 0.25) is 0 Å². The zero-order chi connectivity index (χ0) is 38.5. The Balaban J connectivity index is 0.833. The Labute approximate surface area is 335 Å². The predicted molar refractivity (Wildman–Crippen MR) is 241 cm³/mol. The van der Waals surface area contributed by atoms with Gasteiger partial charge in [-0.1, -0.05) is 159 Å². The molecule has 58 heavy (non-hydrogen) atoms. The van der Waals surface area contributed by atoms with Crippen LogP contribution in [0.5, 0.6) is 0 Å². The molecule has 0 unspecified atom stereocenters. The summed E-state index contributed by atoms with van der Waals surface area (Å²) in [6, 6.07) is 61.8. The van der Waals surface area contributed by atoms with Crippen molar-refractivity contribution in [3.8, 4) is 55.6 Å². The van der Waals surface area contributed by atoms with E-state index in [0.717, 1.165) is 54.9 Å². The van der Waals surface area contributed by atoms with Crippen molar-refractivity contribution in [3.05, 3.63) is 193 Å². The van der Waals surface area contributed by atoms with E-state index in [4.69, 9.17) is 14.4 Å². The van der Waals surface area contributed by atoms with E-state index in [2.05, 4.69) is 178 Å². The lowest BCUT2D eigenvalue weighted by atomic mass is 9.80. The fraction of sp³-hybridized carbons (Fsp3) is 0.0545. The second-order valence-electron chi connectivity index (χ2n) is 16.1. The third kappa shape index (κ3) is 4.86. The molecular weight excluding hydrogens is 705 g/mol. The first-order chi connectivity index (χ1) is 28.5. The largest absolute Gasteiger partial charge is 0.455 e. The van der Waals surface area contributed by atoms with Crippen molar-refractivity contribution in [2.75, 3.05) is 0 Å². The molecule has 0 saturated heterocycles. The minimum atomic E-state index is -0.153. The number of fused-ring (bicyclic) bond motifs is 12. The Hall–Kier alpha value is -7.36. The Morgan fingerprint density at radius 3 is 1.53 bits per heavy atom. The summed E-state index contributed by atoms with van der Waals surface area (Å²) in [6.45, 7) is 4.71. The van der Waals surface area contributed by atoms with Crippen LogP contribution in [0.25, 0.3) is 110 Å². The molecule has 3 heteroatoms. The van der Waals surface area contributed by atoms with Gasteiger partial charge in [-0.25, -0.2) is 0 Å². The van der Waals surface area contributed by atoms with Crippen LogP contribution in [0, 0.1) is 0 Å². The first kappa shape index (κ1) is 32.8. The molecule has 12 rings (SSSR count). The van der Waals surface area contributed by atoms with Crippen LogP contribution >= 0.6 is 0 Å². The van der Waals surface area contributed by atoms with E-state index >= 15 is 0 Å². The number of aromatic nitrogens is 2. The standard InChI is InChI=1S/C55H36N2O/c1-55(2)49-31-38(23-26-43(49)44-27-24-39(32-50(44)55)40-11-7-12-47-45-9-5-6-13-51(45)58-54(40)47)36-20-16-34(17-21-36)33-14-18-35(19-15-33)37-22-25-42-41-8-3-4-10-46(41)52-53(48(42)30-37)57-29-28-56-52/h3-32H,1-2H3. The molecule has 0 spiro atoms. The SMILES string of the molecule is CC1(C)c2cc(-c3ccc(-c4ccc(-c5ccc6c7ccccc7c7nccnc7c6c5)cc4)cc3)ccc2-c2ccc(-c3cccc4c3oc3ccccc34)cc21. The third-order valence-corrected chi connectivity index (χ3v) is 12.6. The molecule has 0 amide bonds. The molecule has 3 nitrogen and oxygen atoms in total. The molecule has 0 saturated carbocycles. The predicted octanol–water partition coefficient (Wildman–Crippen LogP) is 14.8. The van der Waals surface area contributed by atoms with E-state index in [1.165, 1.54) is 66.4 Å². The fourth-order valence-electron chi connectivity index (χ4n) is 9.58. The molecule has 0 aliphatic heterocycles. The van der Waals surface area contributed by atoms with Crippen LogP contribution in [-0.4, -0.2) is 9.97 Å². The van der Waals surface area contributed by atoms with Crippen LogP contribution < -0.4 is 0 Å². The number of hydrogen-bond donors (Lipinski definition) is 0. The van der Waals surface area contributed by atoms with E-state index < -0.39 is 0 Å². The molecule has 0 radical (unpaired) electrons. The van der Waals surface area contributed by atoms with Crippen LogP contribution in [-0.2, 0) is 5.41 Å². The van der Waals surface area contributed by atoms with E-state index in [1.807, 2.05) is 6.07 Å².